The molecule has 0 aliphatic rings. The van der Waals surface area contributed by atoms with E-state index in [1.165, 1.54) is 5.56 Å². The van der Waals surface area contributed by atoms with Crippen molar-refractivity contribution in [1.82, 2.24) is 15.2 Å². The van der Waals surface area contributed by atoms with Crippen molar-refractivity contribution in [2.45, 2.75) is 19.4 Å². The van der Waals surface area contributed by atoms with Crippen molar-refractivity contribution in [3.63, 3.8) is 0 Å². The molecule has 0 amide bonds. The molecule has 0 fully saturated rings. The maximum absolute atomic E-state index is 5.68. The van der Waals surface area contributed by atoms with E-state index >= 15 is 0 Å². The summed E-state index contributed by atoms with van der Waals surface area (Å²) in [4.78, 5) is 0. The van der Waals surface area contributed by atoms with Crippen LogP contribution in [0, 0.1) is 6.92 Å². The van der Waals surface area contributed by atoms with Crippen LogP contribution < -0.4 is 16.0 Å². The summed E-state index contributed by atoms with van der Waals surface area (Å²) in [5.41, 5.74) is 6.23. The molecule has 0 bridgehead atoms. The average molecular weight is 260 g/mol. The van der Waals surface area contributed by atoms with Gasteiger partial charge >= 0.3 is 0 Å². The Bertz CT molecular complexity index is 550. The maximum atomic E-state index is 5.68. The third-order valence-electron chi connectivity index (χ3n) is 3.28. The highest BCUT2D eigenvalue weighted by Gasteiger charge is 2.16. The second-order valence-corrected chi connectivity index (χ2v) is 4.62. The van der Waals surface area contributed by atoms with Crippen LogP contribution in [0.3, 0.4) is 0 Å². The fourth-order valence-corrected chi connectivity index (χ4v) is 2.26. The Morgan fingerprint density at radius 1 is 1.42 bits per heavy atom. The molecule has 1 atom stereocenters. The molecule has 1 heterocycles. The molecule has 0 saturated heterocycles. The van der Waals surface area contributed by atoms with Crippen molar-refractivity contribution >= 4 is 0 Å². The molecule has 0 aliphatic carbocycles. The normalized spacial score (nSPS) is 12.4. The highest BCUT2D eigenvalue weighted by molar-refractivity contribution is 5.38. The maximum Gasteiger partial charge on any atom is 0.122 e. The van der Waals surface area contributed by atoms with E-state index in [2.05, 4.69) is 23.5 Å². The molecule has 2 rings (SSSR count). The zero-order valence-electron chi connectivity index (χ0n) is 11.6. The SMILES string of the molecule is COc1ccc(C)cc1CC(NN)c1ccnn1C. The van der Waals surface area contributed by atoms with Crippen molar-refractivity contribution in [3.8, 4) is 5.75 Å². The lowest BCUT2D eigenvalue weighted by atomic mass is 10.0. The number of aromatic nitrogens is 2. The van der Waals surface area contributed by atoms with Crippen LogP contribution in [0.4, 0.5) is 0 Å². The summed E-state index contributed by atoms with van der Waals surface area (Å²) in [5.74, 6) is 6.56. The molecule has 0 aliphatic heterocycles. The third kappa shape index (κ3) is 2.94. The van der Waals surface area contributed by atoms with Crippen LogP contribution in [-0.2, 0) is 13.5 Å². The van der Waals surface area contributed by atoms with E-state index in [4.69, 9.17) is 10.6 Å². The van der Waals surface area contributed by atoms with Crippen molar-refractivity contribution in [2.75, 3.05) is 7.11 Å². The summed E-state index contributed by atoms with van der Waals surface area (Å²) < 4.78 is 7.23. The standard InChI is InChI=1S/C14H20N4O/c1-10-4-5-14(19-3)11(8-10)9-12(17-15)13-6-7-16-18(13)2/h4-8,12,17H,9,15H2,1-3H3. The molecule has 1 aromatic carbocycles. The summed E-state index contributed by atoms with van der Waals surface area (Å²) in [5, 5.41) is 4.18. The van der Waals surface area contributed by atoms with Gasteiger partial charge in [0.25, 0.3) is 0 Å². The fourth-order valence-electron chi connectivity index (χ4n) is 2.26. The minimum absolute atomic E-state index is 0.00296. The van der Waals surface area contributed by atoms with Gasteiger partial charge in [-0.3, -0.25) is 16.0 Å². The molecule has 102 valence electrons. The Balaban J connectivity index is 2.28. The van der Waals surface area contributed by atoms with Gasteiger partial charge in [0.1, 0.15) is 5.75 Å². The lowest BCUT2D eigenvalue weighted by Gasteiger charge is -2.18. The highest BCUT2D eigenvalue weighted by atomic mass is 16.5. The van der Waals surface area contributed by atoms with Crippen LogP contribution in [0.25, 0.3) is 0 Å². The first-order chi connectivity index (χ1) is 9.15. The molecule has 0 saturated carbocycles. The first kappa shape index (κ1) is 13.6. The van der Waals surface area contributed by atoms with Gasteiger partial charge < -0.3 is 4.74 Å². The molecular formula is C14H20N4O. The lowest BCUT2D eigenvalue weighted by Crippen LogP contribution is -2.31. The Hall–Kier alpha value is -1.85. The van der Waals surface area contributed by atoms with Crippen molar-refractivity contribution in [2.24, 2.45) is 12.9 Å². The van der Waals surface area contributed by atoms with E-state index in [9.17, 15) is 0 Å². The van der Waals surface area contributed by atoms with Crippen LogP contribution in [-0.4, -0.2) is 16.9 Å². The first-order valence-electron chi connectivity index (χ1n) is 6.23. The summed E-state index contributed by atoms with van der Waals surface area (Å²) in [7, 11) is 3.59. The number of nitrogens with one attached hydrogen (secondary N) is 1. The van der Waals surface area contributed by atoms with Gasteiger partial charge in [-0.1, -0.05) is 17.7 Å². The van der Waals surface area contributed by atoms with Crippen LogP contribution >= 0.6 is 0 Å². The topological polar surface area (TPSA) is 65.1 Å². The number of aryl methyl sites for hydroxylation is 2. The molecule has 5 nitrogen and oxygen atoms in total. The van der Waals surface area contributed by atoms with Crippen LogP contribution in [0.5, 0.6) is 5.75 Å². The summed E-state index contributed by atoms with van der Waals surface area (Å²) >= 11 is 0. The largest absolute Gasteiger partial charge is 0.496 e. The third-order valence-corrected chi connectivity index (χ3v) is 3.28. The number of hydrogen-bond donors (Lipinski definition) is 2. The van der Waals surface area contributed by atoms with E-state index in [0.717, 1.165) is 23.4 Å². The Morgan fingerprint density at radius 3 is 2.79 bits per heavy atom. The highest BCUT2D eigenvalue weighted by Crippen LogP contribution is 2.25. The van der Waals surface area contributed by atoms with Crippen molar-refractivity contribution in [3.05, 3.63) is 47.3 Å². The molecule has 1 aromatic heterocycles. The predicted octanol–water partition coefficient (Wildman–Crippen LogP) is 1.48. The Labute approximate surface area is 113 Å². The number of nitrogens with zero attached hydrogens (tertiary/aromatic N) is 2. The molecule has 5 heteroatoms. The first-order valence-corrected chi connectivity index (χ1v) is 6.23. The van der Waals surface area contributed by atoms with Crippen LogP contribution in [0.15, 0.2) is 30.5 Å². The number of benzene rings is 1. The molecule has 0 spiro atoms. The zero-order chi connectivity index (χ0) is 13.8. The quantitative estimate of drug-likeness (QED) is 0.631. The monoisotopic (exact) mass is 260 g/mol. The summed E-state index contributed by atoms with van der Waals surface area (Å²) in [6, 6.07) is 8.12. The van der Waals surface area contributed by atoms with E-state index in [1.807, 2.05) is 29.9 Å². The van der Waals surface area contributed by atoms with Crippen molar-refractivity contribution in [1.29, 1.82) is 0 Å². The number of nitrogens with two attached hydrogens (primary N) is 1. The van der Waals surface area contributed by atoms with E-state index in [1.54, 1.807) is 13.3 Å². The van der Waals surface area contributed by atoms with Gasteiger partial charge in [-0.25, -0.2) is 0 Å². The number of rotatable bonds is 5. The van der Waals surface area contributed by atoms with E-state index in [-0.39, 0.29) is 6.04 Å². The summed E-state index contributed by atoms with van der Waals surface area (Å²) in [6.45, 7) is 2.07. The van der Waals surface area contributed by atoms with Gasteiger partial charge in [0.15, 0.2) is 0 Å². The molecule has 3 N–H and O–H groups in total. The molecule has 0 radical (unpaired) electrons. The second-order valence-electron chi connectivity index (χ2n) is 4.62. The summed E-state index contributed by atoms with van der Waals surface area (Å²) in [6.07, 6.45) is 2.52. The average Bonchev–Trinajstić information content (AvgIpc) is 2.82. The number of hydrazine groups is 1. The second kappa shape index (κ2) is 5.86. The predicted molar refractivity (Wildman–Crippen MR) is 74.7 cm³/mol. The molecule has 1 unspecified atom stereocenters. The Morgan fingerprint density at radius 2 is 2.21 bits per heavy atom. The number of ether oxygens (including phenoxy) is 1. The lowest BCUT2D eigenvalue weighted by molar-refractivity contribution is 0.404. The van der Waals surface area contributed by atoms with Gasteiger partial charge in [-0.05, 0) is 31.0 Å². The molecule has 2 aromatic rings. The smallest absolute Gasteiger partial charge is 0.122 e. The number of methoxy groups -OCH3 is 1. The Kier molecular flexibility index (Phi) is 4.19. The minimum atomic E-state index is 0.00296. The fraction of sp³-hybridized carbons (Fsp3) is 0.357. The van der Waals surface area contributed by atoms with Gasteiger partial charge in [0.2, 0.25) is 0 Å². The van der Waals surface area contributed by atoms with Gasteiger partial charge in [0.05, 0.1) is 18.8 Å². The van der Waals surface area contributed by atoms with Gasteiger partial charge in [-0.2, -0.15) is 5.10 Å². The van der Waals surface area contributed by atoms with Crippen LogP contribution in [0.2, 0.25) is 0 Å². The minimum Gasteiger partial charge on any atom is -0.496 e. The van der Waals surface area contributed by atoms with E-state index < -0.39 is 0 Å². The van der Waals surface area contributed by atoms with Crippen molar-refractivity contribution < 1.29 is 4.74 Å². The van der Waals surface area contributed by atoms with Gasteiger partial charge in [-0.15, -0.1) is 0 Å². The zero-order valence-corrected chi connectivity index (χ0v) is 11.6. The molecule has 19 heavy (non-hydrogen) atoms. The molecular weight excluding hydrogens is 240 g/mol. The number of hydrogen-bond acceptors (Lipinski definition) is 4. The van der Waals surface area contributed by atoms with Gasteiger partial charge in [0, 0.05) is 13.2 Å². The van der Waals surface area contributed by atoms with Crippen LogP contribution in [0.1, 0.15) is 22.9 Å². The van der Waals surface area contributed by atoms with E-state index in [0.29, 0.717) is 0 Å².